The Bertz CT molecular complexity index is 616. The molecule has 6 heteroatoms. The Balaban J connectivity index is 2.27. The number of aliphatic hydroxyl groups excluding tert-OH is 1. The number of furan rings is 1. The van der Waals surface area contributed by atoms with Crippen molar-refractivity contribution in [2.45, 2.75) is 70.9 Å². The number of sulfonamides is 1. The third-order valence-corrected chi connectivity index (χ3v) is 5.99. The summed E-state index contributed by atoms with van der Waals surface area (Å²) in [4.78, 5) is 0.103. The molecule has 0 bridgehead atoms. The number of rotatable bonds is 4. The van der Waals surface area contributed by atoms with Crippen LogP contribution in [0.2, 0.25) is 0 Å². The first-order chi connectivity index (χ1) is 9.66. The number of aryl methyl sites for hydroxylation is 2. The van der Waals surface area contributed by atoms with Gasteiger partial charge in [0.2, 0.25) is 10.0 Å². The van der Waals surface area contributed by atoms with Crippen LogP contribution in [0, 0.1) is 19.3 Å². The van der Waals surface area contributed by atoms with Crippen LogP contribution < -0.4 is 4.72 Å². The molecule has 2 rings (SSSR count). The van der Waals surface area contributed by atoms with E-state index in [2.05, 4.69) is 18.6 Å². The van der Waals surface area contributed by atoms with Gasteiger partial charge >= 0.3 is 0 Å². The fraction of sp³-hybridized carbons (Fsp3) is 0.733. The fourth-order valence-electron chi connectivity index (χ4n) is 3.32. The van der Waals surface area contributed by atoms with Crippen LogP contribution >= 0.6 is 0 Å². The molecule has 1 aromatic heterocycles. The molecule has 1 atom stereocenters. The lowest BCUT2D eigenvalue weighted by atomic mass is 9.75. The molecule has 1 aromatic rings. The van der Waals surface area contributed by atoms with E-state index in [4.69, 9.17) is 4.42 Å². The van der Waals surface area contributed by atoms with Crippen molar-refractivity contribution in [2.75, 3.05) is 0 Å². The Morgan fingerprint density at radius 1 is 1.33 bits per heavy atom. The van der Waals surface area contributed by atoms with Gasteiger partial charge in [0.25, 0.3) is 0 Å². The van der Waals surface area contributed by atoms with Crippen LogP contribution in [0.4, 0.5) is 0 Å². The van der Waals surface area contributed by atoms with E-state index in [1.54, 1.807) is 13.8 Å². The molecule has 0 aromatic carbocycles. The van der Waals surface area contributed by atoms with Gasteiger partial charge < -0.3 is 9.52 Å². The Kier molecular flexibility index (Phi) is 4.52. The molecule has 5 nitrogen and oxygen atoms in total. The highest BCUT2D eigenvalue weighted by Gasteiger charge is 2.33. The maximum absolute atomic E-state index is 12.6. The van der Waals surface area contributed by atoms with Crippen molar-refractivity contribution in [1.82, 2.24) is 4.72 Å². The molecule has 0 amide bonds. The molecular formula is C15H25NO4S. The Morgan fingerprint density at radius 2 is 2.00 bits per heavy atom. The van der Waals surface area contributed by atoms with Gasteiger partial charge in [-0.05, 0) is 38.5 Å². The summed E-state index contributed by atoms with van der Waals surface area (Å²) in [6, 6.07) is -0.0556. The molecule has 0 spiro atoms. The van der Waals surface area contributed by atoms with Crippen molar-refractivity contribution in [3.63, 3.8) is 0 Å². The van der Waals surface area contributed by atoms with E-state index in [0.29, 0.717) is 17.1 Å². The molecular weight excluding hydrogens is 290 g/mol. The van der Waals surface area contributed by atoms with E-state index in [9.17, 15) is 13.5 Å². The summed E-state index contributed by atoms with van der Waals surface area (Å²) in [6.45, 7) is 7.28. The Hall–Kier alpha value is -0.850. The minimum Gasteiger partial charge on any atom is -0.465 e. The molecule has 1 aliphatic carbocycles. The third kappa shape index (κ3) is 3.49. The van der Waals surface area contributed by atoms with Crippen LogP contribution in [-0.4, -0.2) is 19.6 Å². The number of hydrogen-bond donors (Lipinski definition) is 2. The van der Waals surface area contributed by atoms with Crippen LogP contribution in [0.5, 0.6) is 0 Å². The highest BCUT2D eigenvalue weighted by molar-refractivity contribution is 7.89. The van der Waals surface area contributed by atoms with Crippen molar-refractivity contribution >= 4 is 10.0 Å². The largest absolute Gasteiger partial charge is 0.465 e. The minimum atomic E-state index is -3.67. The average molecular weight is 315 g/mol. The van der Waals surface area contributed by atoms with Gasteiger partial charge in [0.05, 0.1) is 6.61 Å². The lowest BCUT2D eigenvalue weighted by Crippen LogP contribution is -2.40. The molecule has 1 heterocycles. The molecule has 1 saturated carbocycles. The Morgan fingerprint density at radius 3 is 2.57 bits per heavy atom. The lowest BCUT2D eigenvalue weighted by Gasteiger charge is -2.35. The predicted molar refractivity (Wildman–Crippen MR) is 80.5 cm³/mol. The first kappa shape index (κ1) is 16.5. The normalized spacial score (nSPS) is 22.4. The number of hydrogen-bond acceptors (Lipinski definition) is 4. The molecule has 1 aliphatic rings. The standard InChI is InChI=1S/C15H25NO4S/c1-10-13(9-17)14(11(2)20-10)21(18,19)16-12-6-5-7-15(3,4)8-12/h12,16-17H,5-9H2,1-4H3. The highest BCUT2D eigenvalue weighted by Crippen LogP contribution is 2.36. The van der Waals surface area contributed by atoms with E-state index in [1.165, 1.54) is 0 Å². The predicted octanol–water partition coefficient (Wildman–Crippen LogP) is 2.64. The van der Waals surface area contributed by atoms with E-state index >= 15 is 0 Å². The quantitative estimate of drug-likeness (QED) is 0.895. The highest BCUT2D eigenvalue weighted by atomic mass is 32.2. The summed E-state index contributed by atoms with van der Waals surface area (Å²) < 4.78 is 33.5. The van der Waals surface area contributed by atoms with Crippen LogP contribution in [0.1, 0.15) is 56.6 Å². The summed E-state index contributed by atoms with van der Waals surface area (Å²) >= 11 is 0. The lowest BCUT2D eigenvalue weighted by molar-refractivity contribution is 0.212. The number of aliphatic hydroxyl groups is 1. The summed E-state index contributed by atoms with van der Waals surface area (Å²) in [5, 5.41) is 9.41. The van der Waals surface area contributed by atoms with Gasteiger partial charge in [0, 0.05) is 11.6 Å². The van der Waals surface area contributed by atoms with Gasteiger partial charge in [-0.1, -0.05) is 20.3 Å². The molecule has 120 valence electrons. The van der Waals surface area contributed by atoms with Gasteiger partial charge in [0.15, 0.2) is 0 Å². The fourth-order valence-corrected chi connectivity index (χ4v) is 5.03. The van der Waals surface area contributed by atoms with Crippen LogP contribution in [0.15, 0.2) is 9.31 Å². The molecule has 21 heavy (non-hydrogen) atoms. The first-order valence-corrected chi connectivity index (χ1v) is 8.87. The summed E-state index contributed by atoms with van der Waals surface area (Å²) in [7, 11) is -3.67. The molecule has 2 N–H and O–H groups in total. The van der Waals surface area contributed by atoms with Crippen LogP contribution in [0.3, 0.4) is 0 Å². The second kappa shape index (κ2) is 5.74. The summed E-state index contributed by atoms with van der Waals surface area (Å²) in [6.07, 6.45) is 3.83. The van der Waals surface area contributed by atoms with Crippen molar-refractivity contribution in [3.8, 4) is 0 Å². The zero-order valence-corrected chi connectivity index (χ0v) is 14.0. The smallest absolute Gasteiger partial charge is 0.244 e. The molecule has 0 aliphatic heterocycles. The topological polar surface area (TPSA) is 79.5 Å². The Labute approximate surface area is 126 Å². The van der Waals surface area contributed by atoms with E-state index < -0.39 is 10.0 Å². The third-order valence-electron chi connectivity index (χ3n) is 4.28. The van der Waals surface area contributed by atoms with Crippen molar-refractivity contribution in [3.05, 3.63) is 17.1 Å². The minimum absolute atomic E-state index is 0.0556. The van der Waals surface area contributed by atoms with Gasteiger partial charge in [0.1, 0.15) is 16.4 Å². The molecule has 1 unspecified atom stereocenters. The zero-order valence-electron chi connectivity index (χ0n) is 13.2. The van der Waals surface area contributed by atoms with Gasteiger partial charge in [-0.15, -0.1) is 0 Å². The SMILES string of the molecule is Cc1oc(C)c(S(=O)(=O)NC2CCCC(C)(C)C2)c1CO. The van der Waals surface area contributed by atoms with Crippen LogP contribution in [0.25, 0.3) is 0 Å². The first-order valence-electron chi connectivity index (χ1n) is 7.38. The molecule has 0 saturated heterocycles. The van der Waals surface area contributed by atoms with Crippen molar-refractivity contribution in [1.29, 1.82) is 0 Å². The second-order valence-corrected chi connectivity index (χ2v) is 8.41. The van der Waals surface area contributed by atoms with E-state index in [1.807, 2.05) is 0 Å². The molecule has 1 fully saturated rings. The monoisotopic (exact) mass is 315 g/mol. The second-order valence-electron chi connectivity index (χ2n) is 6.76. The summed E-state index contributed by atoms with van der Waals surface area (Å²) in [5.74, 6) is 0.790. The van der Waals surface area contributed by atoms with E-state index in [-0.39, 0.29) is 23.0 Å². The van der Waals surface area contributed by atoms with Crippen LogP contribution in [-0.2, 0) is 16.6 Å². The number of nitrogens with one attached hydrogen (secondary N) is 1. The van der Waals surface area contributed by atoms with Crippen molar-refractivity contribution in [2.24, 2.45) is 5.41 Å². The average Bonchev–Trinajstić information content (AvgIpc) is 2.62. The molecule has 0 radical (unpaired) electrons. The maximum atomic E-state index is 12.6. The van der Waals surface area contributed by atoms with Crippen molar-refractivity contribution < 1.29 is 17.9 Å². The van der Waals surface area contributed by atoms with Gasteiger partial charge in [-0.25, -0.2) is 13.1 Å². The summed E-state index contributed by atoms with van der Waals surface area (Å²) in [5.41, 5.74) is 0.516. The zero-order chi connectivity index (χ0) is 15.8. The van der Waals surface area contributed by atoms with Gasteiger partial charge in [-0.3, -0.25) is 0 Å². The maximum Gasteiger partial charge on any atom is 0.244 e. The van der Waals surface area contributed by atoms with E-state index in [0.717, 1.165) is 25.7 Å². The van der Waals surface area contributed by atoms with Gasteiger partial charge in [-0.2, -0.15) is 0 Å².